The quantitative estimate of drug-likeness (QED) is 0.740. The van der Waals surface area contributed by atoms with Gasteiger partial charge in [0.15, 0.2) is 0 Å². The topological polar surface area (TPSA) is 12.0 Å². The van der Waals surface area contributed by atoms with E-state index in [1.54, 1.807) is 0 Å². The second kappa shape index (κ2) is 4.51. The molecule has 0 aliphatic carbocycles. The normalized spacial score (nSPS) is 11.1. The van der Waals surface area contributed by atoms with Crippen molar-refractivity contribution in [3.05, 3.63) is 54.4 Å². The summed E-state index contributed by atoms with van der Waals surface area (Å²) in [5.41, 5.74) is 3.40. The summed E-state index contributed by atoms with van der Waals surface area (Å²) >= 11 is 0. The molecule has 0 unspecified atom stereocenters. The molecule has 1 aromatic rings. The Kier molecular flexibility index (Phi) is 3.32. The monoisotopic (exact) mass is 173 g/mol. The first-order valence-corrected chi connectivity index (χ1v) is 4.34. The van der Waals surface area contributed by atoms with Gasteiger partial charge in [-0.25, -0.2) is 0 Å². The maximum atomic E-state index is 3.77. The van der Waals surface area contributed by atoms with Crippen LogP contribution in [-0.4, -0.2) is 0 Å². The minimum absolute atomic E-state index is 0.954. The maximum absolute atomic E-state index is 3.77. The Bertz CT molecular complexity index is 309. The summed E-state index contributed by atoms with van der Waals surface area (Å²) in [5, 5.41) is 3.09. The highest BCUT2D eigenvalue weighted by molar-refractivity contribution is 5.63. The molecule has 0 aliphatic heterocycles. The van der Waals surface area contributed by atoms with Gasteiger partial charge in [-0.3, -0.25) is 0 Å². The molecule has 1 rings (SSSR count). The Morgan fingerprint density at radius 3 is 2.38 bits per heavy atom. The van der Waals surface area contributed by atoms with Gasteiger partial charge in [0.05, 0.1) is 0 Å². The van der Waals surface area contributed by atoms with Gasteiger partial charge in [0.1, 0.15) is 0 Å². The number of hydrogen-bond acceptors (Lipinski definition) is 1. The number of rotatable bonds is 3. The van der Waals surface area contributed by atoms with Crippen LogP contribution < -0.4 is 5.32 Å². The average molecular weight is 173 g/mol. The lowest BCUT2D eigenvalue weighted by Crippen LogP contribution is -1.99. The Balaban J connectivity index is 2.73. The van der Waals surface area contributed by atoms with Crippen molar-refractivity contribution in [1.82, 2.24) is 5.32 Å². The predicted molar refractivity (Wildman–Crippen MR) is 58.0 cm³/mol. The van der Waals surface area contributed by atoms with E-state index in [-0.39, 0.29) is 0 Å². The van der Waals surface area contributed by atoms with E-state index in [1.807, 2.05) is 31.3 Å². The van der Waals surface area contributed by atoms with Crippen LogP contribution in [0.4, 0.5) is 0 Å². The van der Waals surface area contributed by atoms with Crippen LogP contribution >= 0.6 is 0 Å². The first-order chi connectivity index (χ1) is 6.20. The zero-order valence-electron chi connectivity index (χ0n) is 8.17. The van der Waals surface area contributed by atoms with E-state index < -0.39 is 0 Å². The number of nitrogens with one attached hydrogen (secondary N) is 1. The Morgan fingerprint density at radius 1 is 1.23 bits per heavy atom. The van der Waals surface area contributed by atoms with Gasteiger partial charge in [-0.05, 0) is 25.0 Å². The van der Waals surface area contributed by atoms with E-state index >= 15 is 0 Å². The molecule has 0 heterocycles. The van der Waals surface area contributed by atoms with E-state index in [1.165, 1.54) is 11.1 Å². The highest BCUT2D eigenvalue weighted by Crippen LogP contribution is 2.11. The molecular weight excluding hydrogens is 158 g/mol. The van der Waals surface area contributed by atoms with Crippen molar-refractivity contribution in [3.8, 4) is 0 Å². The van der Waals surface area contributed by atoms with E-state index in [9.17, 15) is 0 Å². The highest BCUT2D eigenvalue weighted by Gasteiger charge is 1.91. The molecule has 0 aliphatic rings. The molecule has 1 N–H and O–H groups in total. The molecule has 0 fully saturated rings. The molecule has 0 spiro atoms. The van der Waals surface area contributed by atoms with Gasteiger partial charge in [0.2, 0.25) is 0 Å². The molecule has 1 nitrogen and oxygen atoms in total. The lowest BCUT2D eigenvalue weighted by atomic mass is 10.1. The molecule has 0 bridgehead atoms. The summed E-state index contributed by atoms with van der Waals surface area (Å²) in [5.74, 6) is 0. The SMILES string of the molecule is C=C(C)N/C=C(\C)c1ccccc1. The lowest BCUT2D eigenvalue weighted by Gasteiger charge is -2.02. The third kappa shape index (κ3) is 3.16. The van der Waals surface area contributed by atoms with Gasteiger partial charge >= 0.3 is 0 Å². The number of benzene rings is 1. The molecule has 0 saturated heterocycles. The fourth-order valence-electron chi connectivity index (χ4n) is 1.02. The fourth-order valence-corrected chi connectivity index (χ4v) is 1.02. The van der Waals surface area contributed by atoms with Gasteiger partial charge in [-0.1, -0.05) is 36.9 Å². The summed E-state index contributed by atoms with van der Waals surface area (Å²) in [4.78, 5) is 0. The van der Waals surface area contributed by atoms with Crippen LogP contribution in [0, 0.1) is 0 Å². The smallest absolute Gasteiger partial charge is 0.00421 e. The maximum Gasteiger partial charge on any atom is 0.00421 e. The molecular formula is C12H15N. The van der Waals surface area contributed by atoms with Crippen molar-refractivity contribution in [1.29, 1.82) is 0 Å². The standard InChI is InChI=1S/C12H15N/c1-10(2)13-9-11(3)12-7-5-4-6-8-12/h4-9,13H,1H2,2-3H3/b11-9+. The van der Waals surface area contributed by atoms with Crippen LogP contribution in [0.5, 0.6) is 0 Å². The van der Waals surface area contributed by atoms with E-state index in [2.05, 4.69) is 31.0 Å². The van der Waals surface area contributed by atoms with Crippen LogP contribution in [0.15, 0.2) is 48.8 Å². The zero-order valence-corrected chi connectivity index (χ0v) is 8.17. The van der Waals surface area contributed by atoms with Crippen molar-refractivity contribution in [3.63, 3.8) is 0 Å². The van der Waals surface area contributed by atoms with E-state index in [0.29, 0.717) is 0 Å². The van der Waals surface area contributed by atoms with Gasteiger partial charge < -0.3 is 5.32 Å². The first-order valence-electron chi connectivity index (χ1n) is 4.34. The molecule has 0 atom stereocenters. The molecule has 0 radical (unpaired) electrons. The minimum atomic E-state index is 0.954. The first kappa shape index (κ1) is 9.59. The van der Waals surface area contributed by atoms with Crippen LogP contribution in [0.2, 0.25) is 0 Å². The molecule has 0 aromatic heterocycles. The molecule has 68 valence electrons. The summed E-state index contributed by atoms with van der Waals surface area (Å²) in [7, 11) is 0. The number of allylic oxidation sites excluding steroid dienone is 2. The second-order valence-corrected chi connectivity index (χ2v) is 3.12. The third-order valence-corrected chi connectivity index (χ3v) is 1.76. The molecule has 0 amide bonds. The van der Waals surface area contributed by atoms with E-state index in [4.69, 9.17) is 0 Å². The summed E-state index contributed by atoms with van der Waals surface area (Å²) in [6, 6.07) is 10.3. The molecule has 13 heavy (non-hydrogen) atoms. The summed E-state index contributed by atoms with van der Waals surface area (Å²) in [6.45, 7) is 7.78. The van der Waals surface area contributed by atoms with Crippen LogP contribution in [0.3, 0.4) is 0 Å². The third-order valence-electron chi connectivity index (χ3n) is 1.76. The van der Waals surface area contributed by atoms with Gasteiger partial charge in [0, 0.05) is 11.9 Å². The van der Waals surface area contributed by atoms with Gasteiger partial charge in [-0.2, -0.15) is 0 Å². The number of hydrogen-bond donors (Lipinski definition) is 1. The Hall–Kier alpha value is -1.50. The Labute approximate surface area is 79.8 Å². The molecule has 1 aromatic carbocycles. The Morgan fingerprint density at radius 2 is 1.85 bits per heavy atom. The zero-order chi connectivity index (χ0) is 9.68. The molecule has 1 heteroatoms. The van der Waals surface area contributed by atoms with Crippen LogP contribution in [-0.2, 0) is 0 Å². The van der Waals surface area contributed by atoms with Crippen LogP contribution in [0.1, 0.15) is 19.4 Å². The van der Waals surface area contributed by atoms with Crippen molar-refractivity contribution in [2.45, 2.75) is 13.8 Å². The van der Waals surface area contributed by atoms with Gasteiger partial charge in [-0.15, -0.1) is 0 Å². The highest BCUT2D eigenvalue weighted by atomic mass is 14.8. The van der Waals surface area contributed by atoms with Crippen molar-refractivity contribution < 1.29 is 0 Å². The fraction of sp³-hybridized carbons (Fsp3) is 0.167. The minimum Gasteiger partial charge on any atom is -0.365 e. The van der Waals surface area contributed by atoms with Crippen molar-refractivity contribution >= 4 is 5.57 Å². The van der Waals surface area contributed by atoms with Crippen molar-refractivity contribution in [2.75, 3.05) is 0 Å². The largest absolute Gasteiger partial charge is 0.365 e. The van der Waals surface area contributed by atoms with Crippen LogP contribution in [0.25, 0.3) is 5.57 Å². The van der Waals surface area contributed by atoms with Crippen molar-refractivity contribution in [2.24, 2.45) is 0 Å². The van der Waals surface area contributed by atoms with Gasteiger partial charge in [0.25, 0.3) is 0 Å². The summed E-state index contributed by atoms with van der Waals surface area (Å²) in [6.07, 6.45) is 1.97. The molecule has 0 saturated carbocycles. The summed E-state index contributed by atoms with van der Waals surface area (Å²) < 4.78 is 0. The predicted octanol–water partition coefficient (Wildman–Crippen LogP) is 3.17. The lowest BCUT2D eigenvalue weighted by molar-refractivity contribution is 1.07. The van der Waals surface area contributed by atoms with E-state index in [0.717, 1.165) is 5.70 Å². The average Bonchev–Trinajstić information content (AvgIpc) is 2.15. The second-order valence-electron chi connectivity index (χ2n) is 3.12.